The minimum atomic E-state index is -0.471. The van der Waals surface area contributed by atoms with Crippen LogP contribution in [0.15, 0.2) is 0 Å². The van der Waals surface area contributed by atoms with Crippen molar-refractivity contribution in [2.75, 3.05) is 26.4 Å². The van der Waals surface area contributed by atoms with E-state index < -0.39 is 23.7 Å². The molecule has 2 heterocycles. The number of rotatable bonds is 25. The van der Waals surface area contributed by atoms with Crippen molar-refractivity contribution in [3.63, 3.8) is 0 Å². The molecule has 48 heavy (non-hydrogen) atoms. The fraction of sp³-hybridized carbons (Fsp3) is 0.895. The van der Waals surface area contributed by atoms with Crippen molar-refractivity contribution in [3.8, 4) is 0 Å². The van der Waals surface area contributed by atoms with Gasteiger partial charge in [0.2, 0.25) is 0 Å². The van der Waals surface area contributed by atoms with Gasteiger partial charge in [0.15, 0.2) is 0 Å². The van der Waals surface area contributed by atoms with E-state index in [-0.39, 0.29) is 48.3 Å². The van der Waals surface area contributed by atoms with Crippen molar-refractivity contribution < 1.29 is 47.6 Å². The molecule has 0 N–H and O–H groups in total. The first-order chi connectivity index (χ1) is 23.4. The Hall–Kier alpha value is -2.20. The Kier molecular flexibility index (Phi) is 17.0. The average molecular weight is 679 g/mol. The topological polar surface area (TPSA) is 130 Å². The molecule has 0 aromatic heterocycles. The second-order valence-electron chi connectivity index (χ2n) is 14.4. The first-order valence-corrected chi connectivity index (χ1v) is 19.4. The van der Waals surface area contributed by atoms with Crippen LogP contribution in [0.25, 0.3) is 0 Å². The van der Waals surface area contributed by atoms with E-state index in [0.29, 0.717) is 52.1 Å². The second-order valence-corrected chi connectivity index (χ2v) is 14.4. The fourth-order valence-electron chi connectivity index (χ4n) is 7.33. The third-order valence-electron chi connectivity index (χ3n) is 10.5. The minimum Gasteiger partial charge on any atom is -0.465 e. The van der Waals surface area contributed by atoms with Crippen LogP contribution >= 0.6 is 0 Å². The molecule has 0 aromatic carbocycles. The highest BCUT2D eigenvalue weighted by atomic mass is 16.6. The molecule has 0 aromatic rings. The van der Waals surface area contributed by atoms with Gasteiger partial charge in [-0.2, -0.15) is 0 Å². The van der Waals surface area contributed by atoms with Crippen LogP contribution in [0.4, 0.5) is 0 Å². The largest absolute Gasteiger partial charge is 0.465 e. The van der Waals surface area contributed by atoms with Crippen LogP contribution in [0, 0.1) is 23.7 Å². The quantitative estimate of drug-likeness (QED) is 0.0429. The van der Waals surface area contributed by atoms with E-state index in [1.165, 1.54) is 0 Å². The number of ether oxygens (including phenoxy) is 6. The Morgan fingerprint density at radius 1 is 0.396 bits per heavy atom. The van der Waals surface area contributed by atoms with Gasteiger partial charge in [0.05, 0.1) is 74.5 Å². The number of hydrogen-bond donors (Lipinski definition) is 0. The highest BCUT2D eigenvalue weighted by Crippen LogP contribution is 2.45. The molecular formula is C38H62O10. The first kappa shape index (κ1) is 38.6. The summed E-state index contributed by atoms with van der Waals surface area (Å²) in [7, 11) is 0. The molecule has 4 fully saturated rings. The summed E-state index contributed by atoms with van der Waals surface area (Å²) >= 11 is 0. The fourth-order valence-corrected chi connectivity index (χ4v) is 7.33. The zero-order valence-corrected chi connectivity index (χ0v) is 29.7. The number of esters is 4. The molecule has 0 radical (unpaired) electrons. The molecule has 0 amide bonds. The van der Waals surface area contributed by atoms with Crippen molar-refractivity contribution in [1.29, 1.82) is 0 Å². The molecule has 2 saturated carbocycles. The average Bonchev–Trinajstić information content (AvgIpc) is 4.02. The second kappa shape index (κ2) is 21.1. The van der Waals surface area contributed by atoms with E-state index in [9.17, 15) is 19.2 Å². The minimum absolute atomic E-state index is 0.0773. The van der Waals surface area contributed by atoms with Crippen molar-refractivity contribution in [1.82, 2.24) is 0 Å². The summed E-state index contributed by atoms with van der Waals surface area (Å²) in [6.07, 6.45) is 18.8. The van der Waals surface area contributed by atoms with Crippen LogP contribution in [0.5, 0.6) is 0 Å². The van der Waals surface area contributed by atoms with E-state index >= 15 is 0 Å². The molecule has 4 rings (SSSR count). The highest BCUT2D eigenvalue weighted by molar-refractivity contribution is 5.83. The first-order valence-electron chi connectivity index (χ1n) is 19.4. The lowest BCUT2D eigenvalue weighted by Gasteiger charge is -2.26. The van der Waals surface area contributed by atoms with Gasteiger partial charge in [-0.05, 0) is 51.4 Å². The summed E-state index contributed by atoms with van der Waals surface area (Å²) < 4.78 is 33.5. The van der Waals surface area contributed by atoms with Crippen LogP contribution in [0.1, 0.15) is 142 Å². The normalized spacial score (nSPS) is 28.5. The zero-order chi connectivity index (χ0) is 34.1. The molecule has 8 unspecified atom stereocenters. The van der Waals surface area contributed by atoms with Gasteiger partial charge in [-0.15, -0.1) is 0 Å². The van der Waals surface area contributed by atoms with Crippen LogP contribution < -0.4 is 0 Å². The van der Waals surface area contributed by atoms with E-state index in [4.69, 9.17) is 28.4 Å². The number of hydrogen-bond acceptors (Lipinski definition) is 10. The molecule has 10 nitrogen and oxygen atoms in total. The molecular weight excluding hydrogens is 616 g/mol. The summed E-state index contributed by atoms with van der Waals surface area (Å²) in [6.45, 7) is 5.87. The maximum absolute atomic E-state index is 12.9. The molecule has 0 spiro atoms. The van der Waals surface area contributed by atoms with Gasteiger partial charge in [-0.3, -0.25) is 19.2 Å². The number of epoxide rings is 2. The number of carbonyl (C=O) groups excluding carboxylic acids is 4. The molecule has 2 aliphatic carbocycles. The van der Waals surface area contributed by atoms with Crippen LogP contribution in [0.2, 0.25) is 0 Å². The van der Waals surface area contributed by atoms with Crippen molar-refractivity contribution in [2.45, 2.75) is 167 Å². The maximum atomic E-state index is 12.9. The number of fused-ring (bicyclic) bond motifs is 2. The maximum Gasteiger partial charge on any atom is 0.309 e. The lowest BCUT2D eigenvalue weighted by Crippen LogP contribution is -2.37. The third kappa shape index (κ3) is 12.9. The summed E-state index contributed by atoms with van der Waals surface area (Å²) in [5.41, 5.74) is 0. The van der Waals surface area contributed by atoms with E-state index in [1.807, 2.05) is 0 Å². The summed E-state index contributed by atoms with van der Waals surface area (Å²) in [6, 6.07) is 0. The Morgan fingerprint density at radius 2 is 0.625 bits per heavy atom. The molecule has 274 valence electrons. The van der Waals surface area contributed by atoms with Crippen molar-refractivity contribution in [2.24, 2.45) is 23.7 Å². The van der Waals surface area contributed by atoms with E-state index in [0.717, 1.165) is 103 Å². The Morgan fingerprint density at radius 3 is 0.875 bits per heavy atom. The number of unbranched alkanes of at least 4 members (excludes halogenated alkanes) is 13. The van der Waals surface area contributed by atoms with Crippen LogP contribution in [-0.4, -0.2) is 74.7 Å². The van der Waals surface area contributed by atoms with Gasteiger partial charge in [-0.25, -0.2) is 0 Å². The monoisotopic (exact) mass is 678 g/mol. The van der Waals surface area contributed by atoms with Gasteiger partial charge < -0.3 is 28.4 Å². The standard InChI is InChI=1S/C38H62O10/c1-3-5-7-15-19-43-35(39)27-23-31-33(47-31)25-29(27)37(41)45-21-17-13-11-9-10-12-14-18-22-46-38(42)30-26-34-32(48-34)24-28(30)36(40)44-20-16-8-6-4-2/h27-34H,3-26H2,1-2H3. The van der Waals surface area contributed by atoms with Gasteiger partial charge in [0.25, 0.3) is 0 Å². The van der Waals surface area contributed by atoms with Crippen LogP contribution in [0.3, 0.4) is 0 Å². The van der Waals surface area contributed by atoms with E-state index in [2.05, 4.69) is 13.8 Å². The predicted molar refractivity (Wildman–Crippen MR) is 179 cm³/mol. The molecule has 8 atom stereocenters. The molecule has 0 bridgehead atoms. The van der Waals surface area contributed by atoms with Crippen molar-refractivity contribution in [3.05, 3.63) is 0 Å². The lowest BCUT2D eigenvalue weighted by atomic mass is 9.79. The summed E-state index contributed by atoms with van der Waals surface area (Å²) in [5.74, 6) is -3.02. The Labute approximate surface area is 288 Å². The molecule has 2 aliphatic heterocycles. The number of carbonyl (C=O) groups is 4. The zero-order valence-electron chi connectivity index (χ0n) is 29.7. The predicted octanol–water partition coefficient (Wildman–Crippen LogP) is 7.03. The Bertz CT molecular complexity index is 922. The lowest BCUT2D eigenvalue weighted by molar-refractivity contribution is -0.162. The van der Waals surface area contributed by atoms with E-state index in [1.54, 1.807) is 0 Å². The molecule has 4 aliphatic rings. The Balaban J connectivity index is 0.990. The molecule has 2 saturated heterocycles. The van der Waals surface area contributed by atoms with Gasteiger partial charge in [0, 0.05) is 0 Å². The molecule has 10 heteroatoms. The SMILES string of the molecule is CCCCCCOC(=O)C1CC2OC2CC1C(=O)OCCCCCCCCCCOC(=O)C1CC2OC2CC1C(=O)OCCCCCC. The van der Waals surface area contributed by atoms with Gasteiger partial charge in [-0.1, -0.05) is 90.9 Å². The van der Waals surface area contributed by atoms with Gasteiger partial charge in [0.1, 0.15) is 0 Å². The smallest absolute Gasteiger partial charge is 0.309 e. The van der Waals surface area contributed by atoms with Gasteiger partial charge >= 0.3 is 23.9 Å². The summed E-state index contributed by atoms with van der Waals surface area (Å²) in [5, 5.41) is 0. The summed E-state index contributed by atoms with van der Waals surface area (Å²) in [4.78, 5) is 51.2. The third-order valence-corrected chi connectivity index (χ3v) is 10.5. The van der Waals surface area contributed by atoms with Crippen molar-refractivity contribution >= 4 is 23.9 Å². The van der Waals surface area contributed by atoms with Crippen LogP contribution in [-0.2, 0) is 47.6 Å². The highest BCUT2D eigenvalue weighted by Gasteiger charge is 2.54.